The minimum Gasteiger partial charge on any atom is -0.468 e. The number of furan rings is 1. The van der Waals surface area contributed by atoms with Crippen molar-refractivity contribution in [3.63, 3.8) is 0 Å². The fourth-order valence-electron chi connectivity index (χ4n) is 3.96. The average Bonchev–Trinajstić information content (AvgIpc) is 3.22. The van der Waals surface area contributed by atoms with Crippen LogP contribution in [-0.4, -0.2) is 30.1 Å². The van der Waals surface area contributed by atoms with Crippen LogP contribution in [0, 0.1) is 0 Å². The molecule has 0 amide bonds. The summed E-state index contributed by atoms with van der Waals surface area (Å²) in [6.07, 6.45) is 6.77. The first-order valence-corrected chi connectivity index (χ1v) is 8.45. The van der Waals surface area contributed by atoms with Crippen molar-refractivity contribution in [3.05, 3.63) is 59.5 Å². The summed E-state index contributed by atoms with van der Waals surface area (Å²) in [4.78, 5) is 2.70. The molecule has 0 radical (unpaired) electrons. The second-order valence-electron chi connectivity index (χ2n) is 6.63. The van der Waals surface area contributed by atoms with Gasteiger partial charge in [-0.25, -0.2) is 0 Å². The summed E-state index contributed by atoms with van der Waals surface area (Å²) in [7, 11) is 0. The minimum absolute atomic E-state index is 0.586. The van der Waals surface area contributed by atoms with Gasteiger partial charge in [-0.15, -0.1) is 0 Å². The number of nitrogens with zero attached hydrogens (tertiary/aromatic N) is 1. The number of piperidine rings is 1. The Morgan fingerprint density at radius 3 is 2.64 bits per heavy atom. The van der Waals surface area contributed by atoms with Crippen LogP contribution in [0.3, 0.4) is 0 Å². The molecule has 1 aromatic carbocycles. The summed E-state index contributed by atoms with van der Waals surface area (Å²) in [5, 5.41) is 3.66. The van der Waals surface area contributed by atoms with Crippen LogP contribution in [0.15, 0.2) is 47.1 Å². The topological polar surface area (TPSA) is 28.4 Å². The molecular formula is C19H24N2O. The maximum atomic E-state index is 5.42. The summed E-state index contributed by atoms with van der Waals surface area (Å²) in [6, 6.07) is 14.2. The molecule has 22 heavy (non-hydrogen) atoms. The summed E-state index contributed by atoms with van der Waals surface area (Å²) in [5.74, 6) is 1.03. The van der Waals surface area contributed by atoms with E-state index >= 15 is 0 Å². The van der Waals surface area contributed by atoms with E-state index in [2.05, 4.69) is 34.5 Å². The van der Waals surface area contributed by atoms with Gasteiger partial charge < -0.3 is 9.73 Å². The van der Waals surface area contributed by atoms with Crippen LogP contribution in [0.1, 0.15) is 29.7 Å². The third-order valence-corrected chi connectivity index (χ3v) is 5.14. The second-order valence-corrected chi connectivity index (χ2v) is 6.63. The molecule has 4 rings (SSSR count). The maximum Gasteiger partial charge on any atom is 0.117 e. The van der Waals surface area contributed by atoms with E-state index in [4.69, 9.17) is 4.42 Å². The van der Waals surface area contributed by atoms with Crippen LogP contribution in [0.2, 0.25) is 0 Å². The van der Waals surface area contributed by atoms with Gasteiger partial charge >= 0.3 is 0 Å². The number of likely N-dealkylation sites (tertiary alicyclic amines) is 1. The van der Waals surface area contributed by atoms with Crippen molar-refractivity contribution < 1.29 is 4.42 Å². The maximum absolute atomic E-state index is 5.42. The summed E-state index contributed by atoms with van der Waals surface area (Å²) < 4.78 is 5.42. The first kappa shape index (κ1) is 14.0. The molecule has 2 aromatic rings. The van der Waals surface area contributed by atoms with Crippen LogP contribution in [-0.2, 0) is 19.4 Å². The lowest BCUT2D eigenvalue weighted by molar-refractivity contribution is 0.139. The molecule has 1 saturated heterocycles. The molecule has 0 unspecified atom stereocenters. The van der Waals surface area contributed by atoms with Gasteiger partial charge in [0.25, 0.3) is 0 Å². The van der Waals surface area contributed by atoms with E-state index in [1.807, 2.05) is 12.1 Å². The first-order valence-electron chi connectivity index (χ1n) is 8.45. The minimum atomic E-state index is 0.586. The average molecular weight is 296 g/mol. The van der Waals surface area contributed by atoms with E-state index in [9.17, 15) is 0 Å². The van der Waals surface area contributed by atoms with E-state index in [1.165, 1.54) is 38.8 Å². The molecule has 0 bridgehead atoms. The molecule has 116 valence electrons. The summed E-state index contributed by atoms with van der Waals surface area (Å²) >= 11 is 0. The molecule has 3 heteroatoms. The lowest BCUT2D eigenvalue weighted by atomic mass is 10.0. The number of fused-ring (bicyclic) bond motifs is 1. The molecule has 1 aliphatic carbocycles. The Balaban J connectivity index is 1.34. The largest absolute Gasteiger partial charge is 0.468 e. The Morgan fingerprint density at radius 1 is 1.09 bits per heavy atom. The third-order valence-electron chi connectivity index (χ3n) is 5.14. The highest BCUT2D eigenvalue weighted by atomic mass is 16.3. The summed E-state index contributed by atoms with van der Waals surface area (Å²) in [6.45, 7) is 3.26. The fraction of sp³-hybridized carbons (Fsp3) is 0.474. The van der Waals surface area contributed by atoms with Gasteiger partial charge in [0.15, 0.2) is 0 Å². The Labute approximate surface area is 132 Å². The lowest BCUT2D eigenvalue weighted by Gasteiger charge is -2.37. The number of hydrogen-bond acceptors (Lipinski definition) is 3. The van der Waals surface area contributed by atoms with Crippen molar-refractivity contribution in [3.8, 4) is 0 Å². The van der Waals surface area contributed by atoms with Crippen molar-refractivity contribution >= 4 is 0 Å². The van der Waals surface area contributed by atoms with Crippen molar-refractivity contribution in [1.82, 2.24) is 10.2 Å². The lowest BCUT2D eigenvalue weighted by Crippen LogP contribution is -2.49. The van der Waals surface area contributed by atoms with Crippen LogP contribution in [0.25, 0.3) is 0 Å². The fourth-order valence-corrected chi connectivity index (χ4v) is 3.96. The van der Waals surface area contributed by atoms with Gasteiger partial charge in [0.1, 0.15) is 5.76 Å². The van der Waals surface area contributed by atoms with Crippen molar-refractivity contribution in [1.29, 1.82) is 0 Å². The number of nitrogens with one attached hydrogen (secondary N) is 1. The van der Waals surface area contributed by atoms with Crippen molar-refractivity contribution in [2.75, 3.05) is 13.1 Å². The van der Waals surface area contributed by atoms with Gasteiger partial charge in [0.05, 0.1) is 12.8 Å². The van der Waals surface area contributed by atoms with Gasteiger partial charge in [-0.3, -0.25) is 4.90 Å². The van der Waals surface area contributed by atoms with E-state index < -0.39 is 0 Å². The number of hydrogen-bond donors (Lipinski definition) is 1. The Morgan fingerprint density at radius 2 is 1.91 bits per heavy atom. The van der Waals surface area contributed by atoms with Gasteiger partial charge in [0.2, 0.25) is 0 Å². The monoisotopic (exact) mass is 296 g/mol. The zero-order chi connectivity index (χ0) is 14.8. The zero-order valence-electron chi connectivity index (χ0n) is 13.0. The number of rotatable bonds is 4. The van der Waals surface area contributed by atoms with Gasteiger partial charge in [-0.2, -0.15) is 0 Å². The molecule has 1 aromatic heterocycles. The Hall–Kier alpha value is -1.58. The SMILES string of the molecule is c1coc(CN[C@@H]2CCCN(C3Cc4ccccc4C3)C2)c1. The predicted molar refractivity (Wildman–Crippen MR) is 87.8 cm³/mol. The highest BCUT2D eigenvalue weighted by molar-refractivity contribution is 5.33. The Bertz CT molecular complexity index is 583. The van der Waals surface area contributed by atoms with Crippen LogP contribution >= 0.6 is 0 Å². The molecular weight excluding hydrogens is 272 g/mol. The number of benzene rings is 1. The quantitative estimate of drug-likeness (QED) is 0.940. The highest BCUT2D eigenvalue weighted by Gasteiger charge is 2.30. The predicted octanol–water partition coefficient (Wildman–Crippen LogP) is 3.00. The normalized spacial score (nSPS) is 22.8. The molecule has 0 spiro atoms. The highest BCUT2D eigenvalue weighted by Crippen LogP contribution is 2.27. The van der Waals surface area contributed by atoms with E-state index in [1.54, 1.807) is 17.4 Å². The smallest absolute Gasteiger partial charge is 0.117 e. The zero-order valence-corrected chi connectivity index (χ0v) is 13.0. The standard InChI is InChI=1S/C19H24N2O/c1-2-6-16-12-18(11-15(16)5-1)21-9-3-7-17(14-21)20-13-19-8-4-10-22-19/h1-2,4-6,8,10,17-18,20H,3,7,9,11-14H2/t17-/m1/s1. The molecule has 3 nitrogen and oxygen atoms in total. The Kier molecular flexibility index (Phi) is 4.00. The van der Waals surface area contributed by atoms with Crippen LogP contribution in [0.5, 0.6) is 0 Å². The molecule has 1 fully saturated rings. The summed E-state index contributed by atoms with van der Waals surface area (Å²) in [5.41, 5.74) is 3.11. The molecule has 2 aliphatic rings. The van der Waals surface area contributed by atoms with E-state index in [-0.39, 0.29) is 0 Å². The molecule has 0 saturated carbocycles. The molecule has 1 atom stereocenters. The van der Waals surface area contributed by atoms with Crippen LogP contribution < -0.4 is 5.32 Å². The van der Waals surface area contributed by atoms with Crippen LogP contribution in [0.4, 0.5) is 0 Å². The molecule has 1 N–H and O–H groups in total. The van der Waals surface area contributed by atoms with E-state index in [0.717, 1.165) is 12.3 Å². The van der Waals surface area contributed by atoms with Crippen molar-refractivity contribution in [2.45, 2.75) is 44.3 Å². The van der Waals surface area contributed by atoms with Gasteiger partial charge in [-0.05, 0) is 55.5 Å². The molecule has 1 aliphatic heterocycles. The molecule has 2 heterocycles. The first-order chi connectivity index (χ1) is 10.9. The second kappa shape index (κ2) is 6.27. The van der Waals surface area contributed by atoms with Crippen molar-refractivity contribution in [2.24, 2.45) is 0 Å². The van der Waals surface area contributed by atoms with Gasteiger partial charge in [0, 0.05) is 18.6 Å². The third kappa shape index (κ3) is 2.96. The van der Waals surface area contributed by atoms with E-state index in [0.29, 0.717) is 12.1 Å². The van der Waals surface area contributed by atoms with Gasteiger partial charge in [-0.1, -0.05) is 24.3 Å².